The Balaban J connectivity index is 3.54. The largest absolute Gasteiger partial charge is 0.543 e. The molecule has 0 aliphatic rings. The highest BCUT2D eigenvalue weighted by Gasteiger charge is 2.34. The molecule has 3 heteroatoms. The van der Waals surface area contributed by atoms with E-state index >= 15 is 0 Å². The lowest BCUT2D eigenvalue weighted by atomic mass is 9.80. The third-order valence-electron chi connectivity index (χ3n) is 4.97. The molecule has 0 amide bonds. The number of rotatable bonds is 5. The maximum absolute atomic E-state index is 6.80. The van der Waals surface area contributed by atoms with Crippen LogP contribution in [-0.2, 0) is 10.8 Å². The fraction of sp³-hybridized carbons (Fsp3) is 0.700. The predicted molar refractivity (Wildman–Crippen MR) is 109 cm³/mol. The molecule has 0 fully saturated rings. The van der Waals surface area contributed by atoms with E-state index in [4.69, 9.17) is 4.43 Å². The molecule has 1 aromatic carbocycles. The zero-order chi connectivity index (χ0) is 18.1. The van der Waals surface area contributed by atoms with Gasteiger partial charge in [-0.05, 0) is 62.1 Å². The van der Waals surface area contributed by atoms with E-state index in [2.05, 4.69) is 90.4 Å². The van der Waals surface area contributed by atoms with Crippen LogP contribution in [0.2, 0.25) is 18.1 Å². The summed E-state index contributed by atoms with van der Waals surface area (Å²) in [5.74, 6) is 1.09. The van der Waals surface area contributed by atoms with Crippen molar-refractivity contribution in [1.29, 1.82) is 0 Å². The van der Waals surface area contributed by atoms with Crippen molar-refractivity contribution in [2.24, 2.45) is 0 Å². The van der Waals surface area contributed by atoms with Crippen LogP contribution in [0.4, 0.5) is 0 Å². The molecule has 1 rings (SSSR count). The molecule has 1 nitrogen and oxygen atoms in total. The number of benzene rings is 1. The summed E-state index contributed by atoms with van der Waals surface area (Å²) in [4.78, 5) is 0. The highest BCUT2D eigenvalue weighted by Crippen LogP contribution is 2.43. The van der Waals surface area contributed by atoms with Gasteiger partial charge in [0.15, 0.2) is 0 Å². The SMILES string of the molecule is CC[Si](CC)(CC)Oc1c(Br)cc(C(C)(C)C)cc1C(C)(C)C. The second kappa shape index (κ2) is 7.31. The van der Waals surface area contributed by atoms with Crippen LogP contribution >= 0.6 is 15.9 Å². The standard InChI is InChI=1S/C20H35BrOSi/c1-10-23(11-2,12-3)22-18-16(20(7,8)9)13-15(14-17(18)21)19(4,5)6/h13-14H,10-12H2,1-9H3. The molecule has 0 saturated heterocycles. The molecule has 0 unspecified atom stereocenters. The van der Waals surface area contributed by atoms with Gasteiger partial charge in [-0.2, -0.15) is 0 Å². The van der Waals surface area contributed by atoms with Crippen LogP contribution in [0, 0.1) is 0 Å². The molecular formula is C20H35BrOSi. The number of hydrogen-bond donors (Lipinski definition) is 0. The molecule has 23 heavy (non-hydrogen) atoms. The molecule has 0 aromatic heterocycles. The number of halogens is 1. The predicted octanol–water partition coefficient (Wildman–Crippen LogP) is 7.43. The molecule has 0 N–H and O–H groups in total. The van der Waals surface area contributed by atoms with E-state index in [9.17, 15) is 0 Å². The minimum Gasteiger partial charge on any atom is -0.543 e. The Morgan fingerprint density at radius 1 is 0.870 bits per heavy atom. The minimum atomic E-state index is -1.69. The van der Waals surface area contributed by atoms with Gasteiger partial charge in [0.05, 0.1) is 4.47 Å². The Morgan fingerprint density at radius 2 is 1.35 bits per heavy atom. The van der Waals surface area contributed by atoms with E-state index in [1.54, 1.807) is 0 Å². The van der Waals surface area contributed by atoms with Crippen LogP contribution in [0.1, 0.15) is 73.4 Å². The molecule has 0 heterocycles. The minimum absolute atomic E-state index is 0.0640. The molecule has 0 aliphatic carbocycles. The zero-order valence-corrected chi connectivity index (χ0v) is 19.1. The van der Waals surface area contributed by atoms with Crippen LogP contribution in [0.3, 0.4) is 0 Å². The summed E-state index contributed by atoms with van der Waals surface area (Å²) in [6.45, 7) is 20.5. The summed E-state index contributed by atoms with van der Waals surface area (Å²) in [6, 6.07) is 8.11. The van der Waals surface area contributed by atoms with Gasteiger partial charge >= 0.3 is 0 Å². The van der Waals surface area contributed by atoms with Gasteiger partial charge in [-0.1, -0.05) is 68.4 Å². The third kappa shape index (κ3) is 4.85. The topological polar surface area (TPSA) is 9.23 Å². The molecule has 0 atom stereocenters. The molecule has 0 bridgehead atoms. The fourth-order valence-electron chi connectivity index (χ4n) is 2.87. The van der Waals surface area contributed by atoms with E-state index in [0.29, 0.717) is 0 Å². The van der Waals surface area contributed by atoms with Crippen molar-refractivity contribution in [2.75, 3.05) is 0 Å². The van der Waals surface area contributed by atoms with E-state index < -0.39 is 8.32 Å². The summed E-state index contributed by atoms with van der Waals surface area (Å²) in [5, 5.41) is 0. The number of hydrogen-bond acceptors (Lipinski definition) is 1. The summed E-state index contributed by atoms with van der Waals surface area (Å²) in [5.41, 5.74) is 2.88. The van der Waals surface area contributed by atoms with E-state index in [-0.39, 0.29) is 10.8 Å². The van der Waals surface area contributed by atoms with Gasteiger partial charge in [0.25, 0.3) is 8.32 Å². The highest BCUT2D eigenvalue weighted by molar-refractivity contribution is 9.10. The van der Waals surface area contributed by atoms with Gasteiger partial charge in [0.1, 0.15) is 5.75 Å². The average Bonchev–Trinajstić information content (AvgIpc) is 2.44. The van der Waals surface area contributed by atoms with Crippen molar-refractivity contribution in [3.05, 3.63) is 27.7 Å². The van der Waals surface area contributed by atoms with E-state index in [0.717, 1.165) is 28.4 Å². The first-order chi connectivity index (χ1) is 10.4. The maximum atomic E-state index is 6.80. The van der Waals surface area contributed by atoms with Crippen LogP contribution < -0.4 is 4.43 Å². The Kier molecular flexibility index (Phi) is 6.60. The van der Waals surface area contributed by atoms with Gasteiger partial charge < -0.3 is 4.43 Å². The second-order valence-corrected chi connectivity index (χ2v) is 14.2. The first kappa shape index (κ1) is 20.8. The maximum Gasteiger partial charge on any atom is 0.250 e. The monoisotopic (exact) mass is 398 g/mol. The van der Waals surface area contributed by atoms with Crippen molar-refractivity contribution in [1.82, 2.24) is 0 Å². The lowest BCUT2D eigenvalue weighted by Crippen LogP contribution is -2.40. The third-order valence-corrected chi connectivity index (χ3v) is 10.1. The Labute approximate surface area is 153 Å². The van der Waals surface area contributed by atoms with Gasteiger partial charge in [0, 0.05) is 0 Å². The molecular weight excluding hydrogens is 364 g/mol. The first-order valence-corrected chi connectivity index (χ1v) is 12.3. The normalized spacial score (nSPS) is 13.3. The Hall–Kier alpha value is -0.283. The van der Waals surface area contributed by atoms with Crippen LogP contribution in [0.5, 0.6) is 5.75 Å². The van der Waals surface area contributed by atoms with Crippen LogP contribution in [-0.4, -0.2) is 8.32 Å². The fourth-order valence-corrected chi connectivity index (χ4v) is 6.15. The van der Waals surface area contributed by atoms with Gasteiger partial charge in [0.2, 0.25) is 0 Å². The van der Waals surface area contributed by atoms with Gasteiger partial charge in [-0.15, -0.1) is 0 Å². The molecule has 132 valence electrons. The van der Waals surface area contributed by atoms with Crippen molar-refractivity contribution in [2.45, 2.75) is 91.3 Å². The van der Waals surface area contributed by atoms with Crippen molar-refractivity contribution >= 4 is 24.2 Å². The van der Waals surface area contributed by atoms with Gasteiger partial charge in [-0.25, -0.2) is 0 Å². The summed E-state index contributed by atoms with van der Waals surface area (Å²) in [7, 11) is -1.69. The summed E-state index contributed by atoms with van der Waals surface area (Å²) in [6.07, 6.45) is 0. The lowest BCUT2D eigenvalue weighted by Gasteiger charge is -2.34. The molecule has 0 radical (unpaired) electrons. The van der Waals surface area contributed by atoms with E-state index in [1.807, 2.05) is 0 Å². The summed E-state index contributed by atoms with van der Waals surface area (Å²) >= 11 is 3.82. The molecule has 0 aliphatic heterocycles. The van der Waals surface area contributed by atoms with E-state index in [1.165, 1.54) is 11.1 Å². The Morgan fingerprint density at radius 3 is 1.70 bits per heavy atom. The first-order valence-electron chi connectivity index (χ1n) is 8.93. The van der Waals surface area contributed by atoms with Crippen molar-refractivity contribution in [3.8, 4) is 5.75 Å². The average molecular weight is 399 g/mol. The molecule has 0 spiro atoms. The molecule has 1 aromatic rings. The second-order valence-electron chi connectivity index (χ2n) is 8.68. The molecule has 0 saturated carbocycles. The smallest absolute Gasteiger partial charge is 0.250 e. The zero-order valence-electron chi connectivity index (χ0n) is 16.6. The van der Waals surface area contributed by atoms with Crippen molar-refractivity contribution in [3.63, 3.8) is 0 Å². The van der Waals surface area contributed by atoms with Gasteiger partial charge in [-0.3, -0.25) is 0 Å². The van der Waals surface area contributed by atoms with Crippen molar-refractivity contribution < 1.29 is 4.43 Å². The quantitative estimate of drug-likeness (QED) is 0.468. The summed E-state index contributed by atoms with van der Waals surface area (Å²) < 4.78 is 7.91. The van der Waals surface area contributed by atoms with Crippen LogP contribution in [0.25, 0.3) is 0 Å². The lowest BCUT2D eigenvalue weighted by molar-refractivity contribution is 0.487. The Bertz CT molecular complexity index is 526. The highest BCUT2D eigenvalue weighted by atomic mass is 79.9. The van der Waals surface area contributed by atoms with Crippen LogP contribution in [0.15, 0.2) is 16.6 Å².